The molecular weight excluding hydrogens is 408 g/mol. The SMILES string of the molecule is COc1ccc(NC(=O)c2ccc(NC(=O)COC(=O)/C=C/c3ccccc3)cc2)cc1. The Morgan fingerprint density at radius 2 is 1.44 bits per heavy atom. The summed E-state index contributed by atoms with van der Waals surface area (Å²) in [5, 5.41) is 5.39. The Bertz CT molecular complexity index is 1090. The normalized spacial score (nSPS) is 10.4. The minimum Gasteiger partial charge on any atom is -0.497 e. The van der Waals surface area contributed by atoms with Crippen LogP contribution in [0, 0.1) is 0 Å². The maximum Gasteiger partial charge on any atom is 0.331 e. The van der Waals surface area contributed by atoms with Gasteiger partial charge >= 0.3 is 5.97 Å². The molecule has 0 fully saturated rings. The van der Waals surface area contributed by atoms with Gasteiger partial charge in [-0.15, -0.1) is 0 Å². The molecule has 0 saturated heterocycles. The highest BCUT2D eigenvalue weighted by Crippen LogP contribution is 2.17. The van der Waals surface area contributed by atoms with Gasteiger partial charge in [-0.2, -0.15) is 0 Å². The van der Waals surface area contributed by atoms with E-state index in [2.05, 4.69) is 10.6 Å². The molecule has 32 heavy (non-hydrogen) atoms. The Kier molecular flexibility index (Phi) is 7.75. The van der Waals surface area contributed by atoms with E-state index in [0.29, 0.717) is 22.7 Å². The fraction of sp³-hybridized carbons (Fsp3) is 0.0800. The van der Waals surface area contributed by atoms with Crippen LogP contribution in [0.25, 0.3) is 6.08 Å². The monoisotopic (exact) mass is 430 g/mol. The topological polar surface area (TPSA) is 93.7 Å². The lowest BCUT2D eigenvalue weighted by Gasteiger charge is -2.08. The lowest BCUT2D eigenvalue weighted by molar-refractivity contribution is -0.142. The van der Waals surface area contributed by atoms with Crippen molar-refractivity contribution in [3.05, 3.63) is 96.1 Å². The predicted molar refractivity (Wildman–Crippen MR) is 122 cm³/mol. The average molecular weight is 430 g/mol. The molecule has 0 aromatic heterocycles. The van der Waals surface area contributed by atoms with Gasteiger partial charge in [0.25, 0.3) is 11.8 Å². The predicted octanol–water partition coefficient (Wildman–Crippen LogP) is 4.14. The van der Waals surface area contributed by atoms with Crippen molar-refractivity contribution in [2.75, 3.05) is 24.4 Å². The number of hydrogen-bond acceptors (Lipinski definition) is 5. The number of carbonyl (C=O) groups excluding carboxylic acids is 3. The van der Waals surface area contributed by atoms with Crippen LogP contribution < -0.4 is 15.4 Å². The van der Waals surface area contributed by atoms with E-state index in [0.717, 1.165) is 5.56 Å². The molecule has 0 spiro atoms. The van der Waals surface area contributed by atoms with Crippen LogP contribution in [0.15, 0.2) is 84.9 Å². The number of esters is 1. The first-order chi connectivity index (χ1) is 15.5. The highest BCUT2D eigenvalue weighted by atomic mass is 16.5. The number of amides is 2. The fourth-order valence-corrected chi connectivity index (χ4v) is 2.69. The Labute approximate surface area is 185 Å². The van der Waals surface area contributed by atoms with Gasteiger partial charge < -0.3 is 20.1 Å². The minimum absolute atomic E-state index is 0.285. The Morgan fingerprint density at radius 1 is 0.812 bits per heavy atom. The summed E-state index contributed by atoms with van der Waals surface area (Å²) < 4.78 is 10.0. The molecular formula is C25H22N2O5. The first-order valence-corrected chi connectivity index (χ1v) is 9.79. The third-order valence-corrected chi connectivity index (χ3v) is 4.34. The van der Waals surface area contributed by atoms with Crippen molar-refractivity contribution in [1.29, 1.82) is 0 Å². The van der Waals surface area contributed by atoms with Crippen LogP contribution in [0.2, 0.25) is 0 Å². The van der Waals surface area contributed by atoms with Crippen molar-refractivity contribution in [2.24, 2.45) is 0 Å². The van der Waals surface area contributed by atoms with Gasteiger partial charge in [0.05, 0.1) is 7.11 Å². The first kappa shape index (κ1) is 22.3. The van der Waals surface area contributed by atoms with Gasteiger partial charge in [0.1, 0.15) is 5.75 Å². The standard InChI is InChI=1S/C25H22N2O5/c1-31-22-14-12-21(13-15-22)27-25(30)19-8-10-20(11-9-19)26-23(28)17-32-24(29)16-7-18-5-3-2-4-6-18/h2-16H,17H2,1H3,(H,26,28)(H,27,30)/b16-7+. The second-order valence-electron chi connectivity index (χ2n) is 6.66. The first-order valence-electron chi connectivity index (χ1n) is 9.79. The zero-order valence-corrected chi connectivity index (χ0v) is 17.4. The lowest BCUT2D eigenvalue weighted by Crippen LogP contribution is -2.20. The van der Waals surface area contributed by atoms with E-state index in [1.165, 1.54) is 6.08 Å². The number of ether oxygens (including phenoxy) is 2. The van der Waals surface area contributed by atoms with Crippen molar-refractivity contribution in [3.8, 4) is 5.75 Å². The zero-order chi connectivity index (χ0) is 22.8. The average Bonchev–Trinajstić information content (AvgIpc) is 2.83. The van der Waals surface area contributed by atoms with E-state index in [-0.39, 0.29) is 5.91 Å². The highest BCUT2D eigenvalue weighted by Gasteiger charge is 2.09. The number of anilines is 2. The van der Waals surface area contributed by atoms with Crippen LogP contribution in [-0.2, 0) is 14.3 Å². The summed E-state index contributed by atoms with van der Waals surface area (Å²) >= 11 is 0. The lowest BCUT2D eigenvalue weighted by atomic mass is 10.2. The summed E-state index contributed by atoms with van der Waals surface area (Å²) in [4.78, 5) is 36.1. The van der Waals surface area contributed by atoms with Crippen molar-refractivity contribution in [1.82, 2.24) is 0 Å². The molecule has 3 aromatic carbocycles. The summed E-state index contributed by atoms with van der Waals surface area (Å²) in [7, 11) is 1.57. The molecule has 0 unspecified atom stereocenters. The molecule has 0 bridgehead atoms. The molecule has 0 radical (unpaired) electrons. The summed E-state index contributed by atoms with van der Waals surface area (Å²) in [6.45, 7) is -0.419. The molecule has 0 aliphatic carbocycles. The number of nitrogens with one attached hydrogen (secondary N) is 2. The molecule has 3 aromatic rings. The van der Waals surface area contributed by atoms with E-state index < -0.39 is 18.5 Å². The molecule has 0 aliphatic rings. The van der Waals surface area contributed by atoms with Crippen molar-refractivity contribution < 1.29 is 23.9 Å². The van der Waals surface area contributed by atoms with Crippen LogP contribution >= 0.6 is 0 Å². The van der Waals surface area contributed by atoms with Gasteiger partial charge in [-0.05, 0) is 60.2 Å². The molecule has 0 saturated carbocycles. The summed E-state index contributed by atoms with van der Waals surface area (Å²) in [5.41, 5.74) is 2.39. The van der Waals surface area contributed by atoms with Crippen LogP contribution in [0.1, 0.15) is 15.9 Å². The third-order valence-electron chi connectivity index (χ3n) is 4.34. The van der Waals surface area contributed by atoms with E-state index in [9.17, 15) is 14.4 Å². The summed E-state index contributed by atoms with van der Waals surface area (Å²) in [6, 6.07) is 22.6. The van der Waals surface area contributed by atoms with Crippen LogP contribution in [-0.4, -0.2) is 31.5 Å². The van der Waals surface area contributed by atoms with Crippen LogP contribution in [0.5, 0.6) is 5.75 Å². The quantitative estimate of drug-likeness (QED) is 0.414. The number of methoxy groups -OCH3 is 1. The number of rotatable bonds is 8. The molecule has 7 heteroatoms. The Hall–Kier alpha value is -4.39. The van der Waals surface area contributed by atoms with E-state index in [1.54, 1.807) is 61.7 Å². The molecule has 162 valence electrons. The fourth-order valence-electron chi connectivity index (χ4n) is 2.69. The molecule has 2 N–H and O–H groups in total. The van der Waals surface area contributed by atoms with Gasteiger partial charge in [-0.1, -0.05) is 30.3 Å². The highest BCUT2D eigenvalue weighted by molar-refractivity contribution is 6.04. The molecule has 0 atom stereocenters. The molecule has 0 aliphatic heterocycles. The smallest absolute Gasteiger partial charge is 0.331 e. The van der Waals surface area contributed by atoms with Crippen molar-refractivity contribution >= 4 is 35.2 Å². The zero-order valence-electron chi connectivity index (χ0n) is 17.4. The second kappa shape index (κ2) is 11.1. The maximum atomic E-state index is 12.3. The van der Waals surface area contributed by atoms with E-state index in [4.69, 9.17) is 9.47 Å². The largest absolute Gasteiger partial charge is 0.497 e. The Balaban J connectivity index is 1.45. The van der Waals surface area contributed by atoms with E-state index in [1.807, 2.05) is 30.3 Å². The minimum atomic E-state index is -0.616. The maximum absolute atomic E-state index is 12.3. The van der Waals surface area contributed by atoms with Crippen LogP contribution in [0.4, 0.5) is 11.4 Å². The molecule has 0 heterocycles. The number of hydrogen-bond donors (Lipinski definition) is 2. The van der Waals surface area contributed by atoms with Gasteiger partial charge in [-0.3, -0.25) is 9.59 Å². The number of carbonyl (C=O) groups is 3. The third kappa shape index (κ3) is 6.84. The molecule has 7 nitrogen and oxygen atoms in total. The van der Waals surface area contributed by atoms with Gasteiger partial charge in [0.15, 0.2) is 6.61 Å². The van der Waals surface area contributed by atoms with E-state index >= 15 is 0 Å². The summed E-state index contributed by atoms with van der Waals surface area (Å²) in [5.74, 6) is -0.690. The van der Waals surface area contributed by atoms with Gasteiger partial charge in [0, 0.05) is 23.0 Å². The molecule has 3 rings (SSSR count). The van der Waals surface area contributed by atoms with Gasteiger partial charge in [0.2, 0.25) is 0 Å². The number of benzene rings is 3. The van der Waals surface area contributed by atoms with Gasteiger partial charge in [-0.25, -0.2) is 4.79 Å². The molecule has 2 amide bonds. The van der Waals surface area contributed by atoms with Crippen LogP contribution in [0.3, 0.4) is 0 Å². The van der Waals surface area contributed by atoms with Crippen molar-refractivity contribution in [3.63, 3.8) is 0 Å². The Morgan fingerprint density at radius 3 is 2.09 bits per heavy atom. The van der Waals surface area contributed by atoms with Crippen molar-refractivity contribution in [2.45, 2.75) is 0 Å². The second-order valence-corrected chi connectivity index (χ2v) is 6.66. The summed E-state index contributed by atoms with van der Waals surface area (Å²) in [6.07, 6.45) is 2.87.